The summed E-state index contributed by atoms with van der Waals surface area (Å²) in [6.07, 6.45) is 5.29. The van der Waals surface area contributed by atoms with Crippen molar-refractivity contribution in [3.8, 4) is 0 Å². The van der Waals surface area contributed by atoms with Crippen molar-refractivity contribution in [3.63, 3.8) is 0 Å². The fraction of sp³-hybridized carbons (Fsp3) is 0.250. The molecule has 0 aliphatic heterocycles. The summed E-state index contributed by atoms with van der Waals surface area (Å²) in [5.74, 6) is 0. The van der Waals surface area contributed by atoms with Crippen molar-refractivity contribution in [2.75, 3.05) is 12.8 Å². The summed E-state index contributed by atoms with van der Waals surface area (Å²) in [5, 5.41) is 15.1. The molecule has 0 aliphatic carbocycles. The molecule has 3 aromatic rings. The molecule has 0 bridgehead atoms. The quantitative estimate of drug-likeness (QED) is 0.209. The smallest absolute Gasteiger partial charge is 1.00 e. The van der Waals surface area contributed by atoms with E-state index in [2.05, 4.69) is 91.0 Å². The summed E-state index contributed by atoms with van der Waals surface area (Å²) in [5.41, 5.74) is 0. The third-order valence-corrected chi connectivity index (χ3v) is 9.50. The van der Waals surface area contributed by atoms with Gasteiger partial charge in [-0.2, -0.15) is 0 Å². The molecule has 4 heteroatoms. The molecule has 1 nitrogen and oxygen atoms in total. The molecule has 0 aliphatic rings. The molecule has 28 heavy (non-hydrogen) atoms. The second-order valence-electron chi connectivity index (χ2n) is 6.66. The molecular weight excluding hydrogens is 422 g/mol. The topological polar surface area (TPSA) is 23.1 Å². The molecule has 0 aromatic heterocycles. The van der Waals surface area contributed by atoms with Gasteiger partial charge in [-0.25, -0.2) is 0 Å². The van der Waals surface area contributed by atoms with Gasteiger partial charge in [-0.15, -0.1) is 6.61 Å². The maximum Gasteiger partial charge on any atom is 1.00 e. The van der Waals surface area contributed by atoms with Crippen molar-refractivity contribution in [2.24, 2.45) is 0 Å². The van der Waals surface area contributed by atoms with Crippen molar-refractivity contribution in [2.45, 2.75) is 25.7 Å². The van der Waals surface area contributed by atoms with Crippen LogP contribution in [-0.4, -0.2) is 12.8 Å². The molecule has 0 saturated carbocycles. The van der Waals surface area contributed by atoms with Gasteiger partial charge in [0, 0.05) is 0 Å². The molecule has 3 aromatic carbocycles. The van der Waals surface area contributed by atoms with Gasteiger partial charge in [0.2, 0.25) is 0 Å². The maximum atomic E-state index is 10.8. The van der Waals surface area contributed by atoms with Crippen LogP contribution < -0.4 is 56.9 Å². The van der Waals surface area contributed by atoms with Crippen LogP contribution in [0.2, 0.25) is 0 Å². The van der Waals surface area contributed by atoms with E-state index in [1.807, 2.05) is 0 Å². The average molecular weight is 449 g/mol. The first-order chi connectivity index (χ1) is 12.9. The normalized spacial score (nSPS) is 10.6. The van der Waals surface area contributed by atoms with Crippen LogP contribution in [0.4, 0.5) is 0 Å². The van der Waals surface area contributed by atoms with Crippen LogP contribution in [0.1, 0.15) is 25.7 Å². The fourth-order valence-corrected chi connectivity index (χ4v) is 8.10. The van der Waals surface area contributed by atoms with Crippen molar-refractivity contribution < 1.29 is 40.9 Å². The summed E-state index contributed by atoms with van der Waals surface area (Å²) in [6.45, 7) is 0.0519. The van der Waals surface area contributed by atoms with Crippen LogP contribution in [-0.2, 0) is 0 Å². The Hall–Kier alpha value is -0.873. The van der Waals surface area contributed by atoms with E-state index in [4.69, 9.17) is 0 Å². The van der Waals surface area contributed by atoms with Gasteiger partial charge in [0.15, 0.2) is 0 Å². The first-order valence-electron chi connectivity index (χ1n) is 9.51. The molecule has 142 valence electrons. The zero-order valence-electron chi connectivity index (χ0n) is 16.6. The Morgan fingerprint density at radius 2 is 0.893 bits per heavy atom. The van der Waals surface area contributed by atoms with Crippen LogP contribution in [0.3, 0.4) is 0 Å². The minimum Gasteiger partial charge on any atom is -1.00 e. The molecule has 0 spiro atoms. The number of hydrogen-bond donors (Lipinski definition) is 0. The molecule has 0 fully saturated rings. The summed E-state index contributed by atoms with van der Waals surface area (Å²) in [7, 11) is -1.68. The predicted molar refractivity (Wildman–Crippen MR) is 113 cm³/mol. The Morgan fingerprint density at radius 3 is 1.25 bits per heavy atom. The van der Waals surface area contributed by atoms with E-state index in [1.165, 1.54) is 15.9 Å². The zero-order chi connectivity index (χ0) is 18.1. The van der Waals surface area contributed by atoms with E-state index in [-0.39, 0.29) is 42.4 Å². The third-order valence-electron chi connectivity index (χ3n) is 4.98. The predicted octanol–water partition coefficient (Wildman–Crippen LogP) is -2.09. The van der Waals surface area contributed by atoms with E-state index in [0.717, 1.165) is 31.8 Å². The molecule has 0 saturated heterocycles. The van der Waals surface area contributed by atoms with Gasteiger partial charge in [-0.3, -0.25) is 0 Å². The maximum absolute atomic E-state index is 10.8. The van der Waals surface area contributed by atoms with Gasteiger partial charge >= 0.3 is 18.9 Å². The Bertz CT molecular complexity index is 672. The van der Waals surface area contributed by atoms with E-state index in [1.54, 1.807) is 0 Å². The molecule has 0 N–H and O–H groups in total. The molecule has 0 unspecified atom stereocenters. The first kappa shape index (κ1) is 25.2. The number of halogens is 1. The molecule has 0 radical (unpaired) electrons. The largest absolute Gasteiger partial charge is 1.00 e. The van der Waals surface area contributed by atoms with Crippen LogP contribution >= 0.6 is 7.26 Å². The van der Waals surface area contributed by atoms with Crippen molar-refractivity contribution in [1.82, 2.24) is 0 Å². The minimum atomic E-state index is -1.68. The summed E-state index contributed by atoms with van der Waals surface area (Å²) in [4.78, 5) is 0. The first-order valence-corrected chi connectivity index (χ1v) is 11.5. The van der Waals surface area contributed by atoms with Gasteiger partial charge in [-0.05, 0) is 49.2 Å². The third kappa shape index (κ3) is 6.06. The van der Waals surface area contributed by atoms with Gasteiger partial charge < -0.3 is 22.1 Å². The van der Waals surface area contributed by atoms with Crippen molar-refractivity contribution >= 4 is 23.2 Å². The number of benzene rings is 3. The fourth-order valence-electron chi connectivity index (χ4n) is 3.69. The van der Waals surface area contributed by atoms with Crippen LogP contribution in [0, 0.1) is 0 Å². The molecule has 0 amide bonds. The van der Waals surface area contributed by atoms with Crippen molar-refractivity contribution in [1.29, 1.82) is 0 Å². The average Bonchev–Trinajstić information content (AvgIpc) is 2.73. The summed E-state index contributed by atoms with van der Waals surface area (Å²) in [6, 6.07) is 33.0. The molecule has 3 rings (SSSR count). The Labute approximate surface area is 192 Å². The van der Waals surface area contributed by atoms with Gasteiger partial charge in [0.25, 0.3) is 0 Å². The number of hydrogen-bond acceptors (Lipinski definition) is 1. The van der Waals surface area contributed by atoms with Crippen LogP contribution in [0.25, 0.3) is 0 Å². The Balaban J connectivity index is 0.00000196. The minimum absolute atomic E-state index is 0. The molecule has 0 atom stereocenters. The molecule has 0 heterocycles. The van der Waals surface area contributed by atoms with E-state index in [9.17, 15) is 5.11 Å². The number of unbranched alkanes of at least 4 members (excludes halogenated alkanes) is 3. The molecular formula is C24H27BrLiOP. The second kappa shape index (κ2) is 13.4. The Morgan fingerprint density at radius 1 is 0.536 bits per heavy atom. The van der Waals surface area contributed by atoms with Gasteiger partial charge in [0.1, 0.15) is 23.2 Å². The number of rotatable bonds is 9. The Kier molecular flexibility index (Phi) is 12.0. The van der Waals surface area contributed by atoms with E-state index in [0.29, 0.717) is 0 Å². The van der Waals surface area contributed by atoms with E-state index < -0.39 is 7.26 Å². The van der Waals surface area contributed by atoms with Gasteiger partial charge in [0.05, 0.1) is 6.16 Å². The second-order valence-corrected chi connectivity index (χ2v) is 10.3. The zero-order valence-corrected chi connectivity index (χ0v) is 19.1. The monoisotopic (exact) mass is 448 g/mol. The van der Waals surface area contributed by atoms with Crippen LogP contribution in [0.5, 0.6) is 0 Å². The summed E-state index contributed by atoms with van der Waals surface area (Å²) < 4.78 is 0. The standard InChI is InChI=1S/C24H27OP.BrH.Li/c25-20-12-1-2-13-21-26(22-14-6-3-7-15-22,23-16-8-4-9-17-23)24-18-10-5-11-19-24;;/h3-11,14-19H,1-2,12-13,20-21H2;1H;/q;;+1/p-1. The van der Waals surface area contributed by atoms with Gasteiger partial charge in [-0.1, -0.05) is 67.4 Å². The van der Waals surface area contributed by atoms with E-state index >= 15 is 0 Å². The van der Waals surface area contributed by atoms with Crippen LogP contribution in [0.15, 0.2) is 91.0 Å². The SMILES string of the molecule is [Br-].[Li+].[O-]CCCCCC[P+](c1ccccc1)(c1ccccc1)c1ccccc1. The van der Waals surface area contributed by atoms with Crippen molar-refractivity contribution in [3.05, 3.63) is 91.0 Å². The summed E-state index contributed by atoms with van der Waals surface area (Å²) >= 11 is 0.